The van der Waals surface area contributed by atoms with E-state index >= 15 is 0 Å². The topological polar surface area (TPSA) is 304 Å². The van der Waals surface area contributed by atoms with Gasteiger partial charge in [0.05, 0.1) is 113 Å². The van der Waals surface area contributed by atoms with Crippen molar-refractivity contribution in [2.24, 2.45) is 0 Å². The highest BCUT2D eigenvalue weighted by Gasteiger charge is 2.45. The fraction of sp³-hybridized carbons (Fsp3) is 0.365. The number of phenols is 1. The van der Waals surface area contributed by atoms with Crippen LogP contribution in [-0.2, 0) is 52.8 Å². The predicted molar refractivity (Wildman–Crippen MR) is 566 cm³/mol. The molecule has 13 aromatic rings. The molecule has 21 rings (SSSR count). The molecular weight excluding hydrogens is 2250 g/mol. The highest BCUT2D eigenvalue weighted by Crippen LogP contribution is 2.55. The molecule has 145 heavy (non-hydrogen) atoms. The van der Waals surface area contributed by atoms with E-state index in [0.29, 0.717) is 141 Å². The summed E-state index contributed by atoms with van der Waals surface area (Å²) >= 11 is 83.4. The minimum absolute atomic E-state index is 0. The monoisotopic (exact) mass is 2340 g/mol. The Bertz CT molecular complexity index is 6500. The number of ether oxygens (including phenoxy) is 3. The van der Waals surface area contributed by atoms with E-state index in [2.05, 4.69) is 85.5 Å². The van der Waals surface area contributed by atoms with E-state index in [9.17, 15) is 47.9 Å². The number of pyridine rings is 1. The second-order valence-electron chi connectivity index (χ2n) is 38.0. The molecule has 0 radical (unpaired) electrons. The van der Waals surface area contributed by atoms with Crippen LogP contribution in [0, 0.1) is 23.3 Å². The molecule has 0 atom stereocenters. The van der Waals surface area contributed by atoms with Gasteiger partial charge in [-0.15, -0.1) is 24.0 Å². The van der Waals surface area contributed by atoms with Gasteiger partial charge in [-0.25, -0.2) is 27.3 Å². The summed E-state index contributed by atoms with van der Waals surface area (Å²) in [4.78, 5) is 14.8. The summed E-state index contributed by atoms with van der Waals surface area (Å²) < 4.78 is 98.9. The number of benzene rings is 8. The molecule has 8 aliphatic rings. The first-order chi connectivity index (χ1) is 68.3. The number of nitrogens with one attached hydrogen (secondary N) is 1. The second-order valence-corrected chi connectivity index (χ2v) is 48.7. The van der Waals surface area contributed by atoms with E-state index in [1.54, 1.807) is 60.7 Å². The van der Waals surface area contributed by atoms with Gasteiger partial charge in [-0.05, 0) is 252 Å². The van der Waals surface area contributed by atoms with Crippen LogP contribution in [0.5, 0.6) is 23.0 Å². The Kier molecular flexibility index (Phi) is 37.2. The number of carbonyl (C=O) groups excluding carboxylic acids is 1. The van der Waals surface area contributed by atoms with Gasteiger partial charge < -0.3 is 72.7 Å². The number of β-amino-alcohol motifs (C(OH)–C–C–N with tert-alkyl or cyclic N) is 1. The Morgan fingerprint density at radius 3 is 1.03 bits per heavy atom. The van der Waals surface area contributed by atoms with Crippen molar-refractivity contribution in [3.63, 3.8) is 0 Å². The Hall–Kier alpha value is -7.34. The number of methoxy groups -OCH3 is 1. The van der Waals surface area contributed by atoms with Gasteiger partial charge in [0, 0.05) is 98.6 Å². The number of phenolic OH excluding ortho intramolecular Hbond substituents is 1. The highest BCUT2D eigenvalue weighted by molar-refractivity contribution is 9.10. The number of hydrogen-bond acceptors (Lipinski definition) is 21. The first-order valence-corrected chi connectivity index (χ1v) is 55.0. The van der Waals surface area contributed by atoms with Crippen LogP contribution in [-0.4, -0.2) is 90.7 Å². The number of aromatic hydroxyl groups is 1. The van der Waals surface area contributed by atoms with Crippen LogP contribution in [0.1, 0.15) is 232 Å². The van der Waals surface area contributed by atoms with Gasteiger partial charge in [-0.3, -0.25) is 0 Å². The minimum Gasteiger partial charge on any atom is -0.543 e. The van der Waals surface area contributed by atoms with Crippen molar-refractivity contribution in [1.82, 2.24) is 30.9 Å². The van der Waals surface area contributed by atoms with Gasteiger partial charge in [0.25, 0.3) is 0 Å². The number of aliphatic hydroxyl groups is 5. The molecule has 0 spiro atoms. The second kappa shape index (κ2) is 47.7. The molecule has 6 heterocycles. The molecule has 1 aliphatic heterocycles. The van der Waals surface area contributed by atoms with E-state index < -0.39 is 54.0 Å². The third-order valence-corrected chi connectivity index (χ3v) is 35.3. The van der Waals surface area contributed by atoms with Crippen molar-refractivity contribution >= 4 is 193 Å². The van der Waals surface area contributed by atoms with Gasteiger partial charge in [-0.1, -0.05) is 205 Å². The van der Waals surface area contributed by atoms with E-state index in [1.165, 1.54) is 55.8 Å². The van der Waals surface area contributed by atoms with Crippen LogP contribution in [0.15, 0.2) is 162 Å². The van der Waals surface area contributed by atoms with Crippen LogP contribution >= 0.6 is 179 Å². The molecule has 0 unspecified atom stereocenters. The van der Waals surface area contributed by atoms with Crippen LogP contribution < -0.4 is 19.2 Å². The molecule has 5 aromatic heterocycles. The lowest BCUT2D eigenvalue weighted by Crippen LogP contribution is -2.56. The number of aromatic nitrogens is 5. The fourth-order valence-electron chi connectivity index (χ4n) is 16.4. The summed E-state index contributed by atoms with van der Waals surface area (Å²) in [6.45, 7) is 12.1. The van der Waals surface area contributed by atoms with Gasteiger partial charge in [0.1, 0.15) is 116 Å². The molecule has 7 aliphatic carbocycles. The smallest absolute Gasteiger partial charge is 0.337 e. The van der Waals surface area contributed by atoms with Crippen molar-refractivity contribution in [3.05, 3.63) is 301 Å². The molecule has 0 amide bonds. The van der Waals surface area contributed by atoms with Gasteiger partial charge in [0.2, 0.25) is 8.32 Å². The Morgan fingerprint density at radius 2 is 0.745 bits per heavy atom. The third kappa shape index (κ3) is 26.7. The summed E-state index contributed by atoms with van der Waals surface area (Å²) in [7, 11) is -0.503. The molecule has 772 valence electrons. The molecule has 8 aromatic carbocycles. The number of hydrogen-bond donors (Lipinski definition) is 7. The van der Waals surface area contributed by atoms with Crippen molar-refractivity contribution in [2.75, 3.05) is 20.2 Å². The molecule has 0 bridgehead atoms. The van der Waals surface area contributed by atoms with Gasteiger partial charge >= 0.3 is 5.97 Å². The molecule has 1 saturated heterocycles. The highest BCUT2D eigenvalue weighted by atomic mass is 79.9. The Balaban J connectivity index is 0.000000137. The van der Waals surface area contributed by atoms with Crippen LogP contribution in [0.25, 0.3) is 45.0 Å². The standard InChI is InChI=1S/C23H19Cl3FNO3.C22H18Cl3FN2O3.C16H25ClO2Si.C13H9Cl3FNO.C13H10Cl2FNO2.C10H11ClO2.C7H6BrNO2.ClH/c24-17-10-14(4-5-16(17)23(29)6-1-7-23)30-11-15-21(28-31-22(15)12-2-3-12)20-18(25)8-13(27)9-19(20)26;23-16-7-13(3-4-15(16)22(29)9-27-10-22)30-8-14-20(28-31-21(14)11-1-2-11)19-17(24)5-12(26)6-18(19)25;1-15(2,3)20(4,5)19-12-7-8-13(14(17)11-12)16(18)9-6-10-16;14-5-8-12(18-19-13(8)6-1-2-6)11-9(15)3-7(17)4-10(11)16;14-9-3-7(16)4-10(15)11(9)12-8(5-18)13(19-17-12)6-1-2-6;11-9-6-7(12)2-3-8(9)10(13)4-1-5-10;1-11-7(10)5-2-3-9-6(8)4-5;/h4-5,8-10,12,29H,1-3,6-7,11H2;3-7,11,27,29H,1-2,8-10H2;7-8,11,18H,6,9-10H2,1-5H3;3-4,6H,1-2,5H2;3-4,6,18H,1-2,5H2;2-3,6,12-13H,1,4-5H2;2-4H,1H3;1H. The summed E-state index contributed by atoms with van der Waals surface area (Å²) in [5.74, 6) is 4.05. The molecule has 7 saturated carbocycles. The number of halogens is 19. The normalized spacial score (nSPS) is 16.4. The first-order valence-electron chi connectivity index (χ1n) is 46.2. The SMILES string of the molecule is CC(C)(C)[Si](C)(C)Oc1ccc(C2(O)CCC2)c(Cl)c1.COC(=O)c1ccnc(Br)c1.Cl.Fc1cc(Cl)c(-c2noc(C3CC3)c2CCl)c(Cl)c1.OC1(c2ccc(OCc3c(-c4c(Cl)cc(F)cc4Cl)noc3C3CC3)cc2Cl)CCC1.OC1(c2ccc(OCc3c(-c4c(Cl)cc(F)cc4Cl)noc3C3CC3)cc2Cl)CNC1.OCc1c(-c2c(Cl)cc(F)cc2Cl)noc1C1CC1.Oc1ccc(C2(O)CCC2)c(Cl)c1. The largest absolute Gasteiger partial charge is 0.543 e. The summed E-state index contributed by atoms with van der Waals surface area (Å²) in [5, 5.41) is 82.9. The number of esters is 1. The van der Waals surface area contributed by atoms with E-state index in [-0.39, 0.29) is 107 Å². The van der Waals surface area contributed by atoms with Crippen molar-refractivity contribution in [3.8, 4) is 68.0 Å². The Labute approximate surface area is 914 Å². The van der Waals surface area contributed by atoms with E-state index in [4.69, 9.17) is 188 Å². The van der Waals surface area contributed by atoms with Crippen molar-refractivity contribution in [1.29, 1.82) is 0 Å². The maximum absolute atomic E-state index is 13.7. The lowest BCUT2D eigenvalue weighted by Gasteiger charge is -2.38. The average Bonchev–Trinajstić information content (AvgIpc) is 1.58. The van der Waals surface area contributed by atoms with Crippen molar-refractivity contribution < 1.29 is 89.7 Å². The van der Waals surface area contributed by atoms with E-state index in [0.717, 1.165) is 165 Å². The molecule has 8 fully saturated rings. The Morgan fingerprint density at radius 1 is 0.441 bits per heavy atom. The van der Waals surface area contributed by atoms with Gasteiger partial charge in [0.15, 0.2) is 0 Å². The molecule has 21 nitrogen and oxygen atoms in total. The predicted octanol–water partition coefficient (Wildman–Crippen LogP) is 32.1. The van der Waals surface area contributed by atoms with Crippen LogP contribution in [0.4, 0.5) is 17.6 Å². The quantitative estimate of drug-likeness (QED) is 0.0103. The zero-order valence-corrected chi connectivity index (χ0v) is 91.9. The third-order valence-electron chi connectivity index (χ3n) is 26.6. The molecule has 41 heteroatoms. The number of carbonyl (C=O) groups is 1. The number of alkyl halides is 1. The average molecular weight is 2350 g/mol. The van der Waals surface area contributed by atoms with Crippen molar-refractivity contribution in [2.45, 2.75) is 220 Å². The molecular formula is C104H99BrCl14F4N6O15Si. The molecule has 7 N–H and O–H groups in total. The van der Waals surface area contributed by atoms with Crippen LogP contribution in [0.3, 0.4) is 0 Å². The van der Waals surface area contributed by atoms with E-state index in [1.807, 2.05) is 18.2 Å². The summed E-state index contributed by atoms with van der Waals surface area (Å²) in [5.41, 5.74) is 6.50. The fourth-order valence-corrected chi connectivity index (χ4v) is 22.0. The minimum atomic E-state index is -1.85. The van der Waals surface area contributed by atoms with Crippen LogP contribution in [0.2, 0.25) is 78.4 Å². The number of rotatable bonds is 23. The maximum atomic E-state index is 13.7. The first kappa shape index (κ1) is 113. The zero-order chi connectivity index (χ0) is 104. The number of nitrogens with zero attached hydrogens (tertiary/aromatic N) is 5. The lowest BCUT2D eigenvalue weighted by atomic mass is 9.75. The van der Waals surface area contributed by atoms with Gasteiger partial charge in [-0.2, -0.15) is 0 Å². The summed E-state index contributed by atoms with van der Waals surface area (Å²) in [6, 6.07) is 33.6. The zero-order valence-electron chi connectivity index (χ0n) is 78.7. The summed E-state index contributed by atoms with van der Waals surface area (Å²) in [6.07, 6.45) is 17.4. The lowest BCUT2D eigenvalue weighted by molar-refractivity contribution is -0.0390. The number of aliphatic hydroxyl groups excluding tert-OH is 1. The maximum Gasteiger partial charge on any atom is 0.337 e.